The van der Waals surface area contributed by atoms with Crippen LogP contribution in [0.5, 0.6) is 0 Å². The van der Waals surface area contributed by atoms with Gasteiger partial charge >= 0.3 is 11.9 Å². The van der Waals surface area contributed by atoms with Gasteiger partial charge in [0.05, 0.1) is 12.9 Å². The van der Waals surface area contributed by atoms with E-state index in [4.69, 9.17) is 14.3 Å². The second-order valence-electron chi connectivity index (χ2n) is 4.02. The minimum Gasteiger partial charge on any atom is -0.478 e. The van der Waals surface area contributed by atoms with Crippen molar-refractivity contribution in [3.8, 4) is 0 Å². The Morgan fingerprint density at radius 1 is 1.28 bits per heavy atom. The first-order valence-electron chi connectivity index (χ1n) is 6.14. The molecule has 1 rings (SSSR count). The van der Waals surface area contributed by atoms with Crippen LogP contribution in [0.4, 0.5) is 0 Å². The van der Waals surface area contributed by atoms with Gasteiger partial charge in [-0.2, -0.15) is 0 Å². The lowest BCUT2D eigenvalue weighted by atomic mass is 10.2. The van der Waals surface area contributed by atoms with E-state index in [9.17, 15) is 9.59 Å². The van der Waals surface area contributed by atoms with E-state index < -0.39 is 11.9 Å². The average Bonchev–Trinajstić information content (AvgIpc) is 2.82. The summed E-state index contributed by atoms with van der Waals surface area (Å²) in [5.41, 5.74) is -0.161. The Hall–Kier alpha value is -1.78. The highest BCUT2D eigenvalue weighted by atomic mass is 16.5. The number of rotatable bonds is 8. The van der Waals surface area contributed by atoms with Crippen molar-refractivity contribution >= 4 is 11.9 Å². The molecular formula is C13H18O5. The Kier molecular flexibility index (Phi) is 5.97. The molecule has 0 bridgehead atoms. The Bertz CT molecular complexity index is 394. The fourth-order valence-corrected chi connectivity index (χ4v) is 1.57. The molecule has 0 atom stereocenters. The smallest absolute Gasteiger partial charge is 0.375 e. The molecule has 0 saturated heterocycles. The number of aromatic carboxylic acids is 1. The fourth-order valence-electron chi connectivity index (χ4n) is 1.57. The number of carbonyl (C=O) groups is 2. The van der Waals surface area contributed by atoms with Crippen LogP contribution in [0.3, 0.4) is 0 Å². The number of carboxylic acids is 1. The van der Waals surface area contributed by atoms with Crippen molar-refractivity contribution in [1.82, 2.24) is 0 Å². The summed E-state index contributed by atoms with van der Waals surface area (Å²) in [5.74, 6) is -2.15. The Balaban J connectivity index is 2.32. The second-order valence-corrected chi connectivity index (χ2v) is 4.02. The van der Waals surface area contributed by atoms with Gasteiger partial charge in [-0.25, -0.2) is 9.59 Å². The first kappa shape index (κ1) is 14.3. The second kappa shape index (κ2) is 7.53. The van der Waals surface area contributed by atoms with E-state index in [1.165, 1.54) is 18.8 Å². The van der Waals surface area contributed by atoms with Crippen molar-refractivity contribution in [1.29, 1.82) is 0 Å². The van der Waals surface area contributed by atoms with Crippen LogP contribution in [0.15, 0.2) is 16.7 Å². The van der Waals surface area contributed by atoms with E-state index in [0.29, 0.717) is 6.61 Å². The summed E-state index contributed by atoms with van der Waals surface area (Å²) in [6.45, 7) is 2.42. The van der Waals surface area contributed by atoms with Gasteiger partial charge in [-0.3, -0.25) is 0 Å². The number of ether oxygens (including phenoxy) is 1. The van der Waals surface area contributed by atoms with Crippen LogP contribution in [-0.4, -0.2) is 23.7 Å². The van der Waals surface area contributed by atoms with Crippen molar-refractivity contribution in [2.75, 3.05) is 6.61 Å². The van der Waals surface area contributed by atoms with Crippen molar-refractivity contribution in [2.24, 2.45) is 0 Å². The highest BCUT2D eigenvalue weighted by Gasteiger charge is 2.21. The molecule has 0 aromatic carbocycles. The molecule has 0 amide bonds. The van der Waals surface area contributed by atoms with Gasteiger partial charge < -0.3 is 14.3 Å². The third-order valence-electron chi connectivity index (χ3n) is 2.56. The maximum Gasteiger partial charge on any atom is 0.375 e. The predicted molar refractivity (Wildman–Crippen MR) is 64.7 cm³/mol. The topological polar surface area (TPSA) is 76.7 Å². The van der Waals surface area contributed by atoms with Gasteiger partial charge in [0.1, 0.15) is 5.56 Å². The maximum absolute atomic E-state index is 11.5. The molecule has 0 fully saturated rings. The first-order chi connectivity index (χ1) is 8.66. The normalized spacial score (nSPS) is 10.3. The monoisotopic (exact) mass is 254 g/mol. The van der Waals surface area contributed by atoms with E-state index in [-0.39, 0.29) is 11.3 Å². The standard InChI is InChI=1S/C13H18O5/c1-2-3-4-5-6-8-18-13(16)11-10(12(14)15)7-9-17-11/h7,9H,2-6,8H2,1H3,(H,14,15). The summed E-state index contributed by atoms with van der Waals surface area (Å²) < 4.78 is 9.79. The first-order valence-corrected chi connectivity index (χ1v) is 6.14. The van der Waals surface area contributed by atoms with E-state index in [0.717, 1.165) is 25.7 Å². The minimum absolute atomic E-state index is 0.161. The maximum atomic E-state index is 11.5. The van der Waals surface area contributed by atoms with Crippen LogP contribution in [0.25, 0.3) is 0 Å². The zero-order valence-corrected chi connectivity index (χ0v) is 10.5. The molecule has 0 aliphatic carbocycles. The van der Waals surface area contributed by atoms with E-state index >= 15 is 0 Å². The number of hydrogen-bond donors (Lipinski definition) is 1. The van der Waals surface area contributed by atoms with Crippen molar-refractivity contribution in [2.45, 2.75) is 39.0 Å². The number of esters is 1. The van der Waals surface area contributed by atoms with E-state index in [1.54, 1.807) is 0 Å². The molecule has 1 N–H and O–H groups in total. The van der Waals surface area contributed by atoms with Crippen LogP contribution in [-0.2, 0) is 4.74 Å². The van der Waals surface area contributed by atoms with Crippen molar-refractivity contribution in [3.63, 3.8) is 0 Å². The molecule has 0 saturated carbocycles. The zero-order valence-electron chi connectivity index (χ0n) is 10.5. The summed E-state index contributed by atoms with van der Waals surface area (Å²) in [5, 5.41) is 8.80. The summed E-state index contributed by atoms with van der Waals surface area (Å²) in [4.78, 5) is 22.3. The quantitative estimate of drug-likeness (QED) is 0.569. The number of furan rings is 1. The Morgan fingerprint density at radius 2 is 2.00 bits per heavy atom. The fraction of sp³-hybridized carbons (Fsp3) is 0.538. The third-order valence-corrected chi connectivity index (χ3v) is 2.56. The molecule has 0 aliphatic rings. The van der Waals surface area contributed by atoms with Gasteiger partial charge in [-0.1, -0.05) is 32.6 Å². The van der Waals surface area contributed by atoms with Gasteiger partial charge in [-0.05, 0) is 12.5 Å². The molecule has 0 spiro atoms. The van der Waals surface area contributed by atoms with Gasteiger partial charge in [0.15, 0.2) is 0 Å². The highest BCUT2D eigenvalue weighted by Crippen LogP contribution is 2.12. The molecule has 0 unspecified atom stereocenters. The number of carbonyl (C=O) groups excluding carboxylic acids is 1. The van der Waals surface area contributed by atoms with E-state index in [2.05, 4.69) is 6.92 Å². The number of unbranched alkanes of at least 4 members (excludes halogenated alkanes) is 4. The predicted octanol–water partition coefficient (Wildman–Crippen LogP) is 3.11. The van der Waals surface area contributed by atoms with Gasteiger partial charge in [-0.15, -0.1) is 0 Å². The van der Waals surface area contributed by atoms with Crippen LogP contribution in [0.2, 0.25) is 0 Å². The molecule has 1 aromatic heterocycles. The highest BCUT2D eigenvalue weighted by molar-refractivity contribution is 6.00. The van der Waals surface area contributed by atoms with E-state index in [1.807, 2.05) is 0 Å². The summed E-state index contributed by atoms with van der Waals surface area (Å²) >= 11 is 0. The van der Waals surface area contributed by atoms with Crippen molar-refractivity contribution < 1.29 is 23.8 Å². The van der Waals surface area contributed by atoms with Crippen LogP contribution in [0, 0.1) is 0 Å². The zero-order chi connectivity index (χ0) is 13.4. The molecule has 18 heavy (non-hydrogen) atoms. The lowest BCUT2D eigenvalue weighted by molar-refractivity contribution is 0.0450. The summed E-state index contributed by atoms with van der Waals surface area (Å²) in [6, 6.07) is 1.24. The molecule has 100 valence electrons. The van der Waals surface area contributed by atoms with Crippen LogP contribution in [0.1, 0.15) is 59.9 Å². The van der Waals surface area contributed by atoms with Gasteiger partial charge in [0.2, 0.25) is 5.76 Å². The SMILES string of the molecule is CCCCCCCOC(=O)c1occc1C(=O)O. The van der Waals surface area contributed by atoms with Gasteiger partial charge in [0.25, 0.3) is 0 Å². The third kappa shape index (κ3) is 4.24. The number of hydrogen-bond acceptors (Lipinski definition) is 4. The van der Waals surface area contributed by atoms with Crippen LogP contribution < -0.4 is 0 Å². The average molecular weight is 254 g/mol. The summed E-state index contributed by atoms with van der Waals surface area (Å²) in [6.07, 6.45) is 6.42. The molecular weight excluding hydrogens is 236 g/mol. The molecule has 5 heteroatoms. The Morgan fingerprint density at radius 3 is 2.67 bits per heavy atom. The van der Waals surface area contributed by atoms with Crippen molar-refractivity contribution in [3.05, 3.63) is 23.7 Å². The minimum atomic E-state index is -1.20. The van der Waals surface area contributed by atoms with Gasteiger partial charge in [0, 0.05) is 0 Å². The largest absolute Gasteiger partial charge is 0.478 e. The van der Waals surface area contributed by atoms with Crippen LogP contribution >= 0.6 is 0 Å². The Labute approximate surface area is 106 Å². The summed E-state index contributed by atoms with van der Waals surface area (Å²) in [7, 11) is 0. The molecule has 0 radical (unpaired) electrons. The molecule has 5 nitrogen and oxygen atoms in total. The molecule has 1 heterocycles. The lowest BCUT2D eigenvalue weighted by Crippen LogP contribution is -2.10. The number of carboxylic acid groups (broad SMARTS) is 1. The molecule has 0 aliphatic heterocycles. The molecule has 1 aromatic rings. The lowest BCUT2D eigenvalue weighted by Gasteiger charge is -2.03.